The summed E-state index contributed by atoms with van der Waals surface area (Å²) < 4.78 is 1.54. The van der Waals surface area contributed by atoms with Crippen LogP contribution >= 0.6 is 0 Å². The maximum Gasteiger partial charge on any atom is 0.321 e. The Hall–Kier alpha value is -2.60. The summed E-state index contributed by atoms with van der Waals surface area (Å²) in [5.41, 5.74) is 0.954. The Morgan fingerprint density at radius 3 is 2.64 bits per heavy atom. The summed E-state index contributed by atoms with van der Waals surface area (Å²) in [4.78, 5) is 25.6. The van der Waals surface area contributed by atoms with Crippen molar-refractivity contribution in [2.75, 3.05) is 25.5 Å². The average molecular weight is 301 g/mol. The van der Waals surface area contributed by atoms with Crippen molar-refractivity contribution < 1.29 is 9.90 Å². The molecule has 1 aromatic heterocycles. The molecule has 0 aliphatic carbocycles. The van der Waals surface area contributed by atoms with Crippen LogP contribution in [-0.2, 0) is 6.54 Å². The summed E-state index contributed by atoms with van der Waals surface area (Å²) in [6.45, 7) is 0.518. The SMILES string of the molecule is CN(CCO)C(=O)Nc1cccn(Cc2ccccc2)c1=O. The van der Waals surface area contributed by atoms with Crippen LogP contribution in [0, 0.1) is 0 Å². The van der Waals surface area contributed by atoms with Gasteiger partial charge in [0.1, 0.15) is 5.69 Å². The molecule has 0 bridgehead atoms. The predicted molar refractivity (Wildman–Crippen MR) is 85.0 cm³/mol. The number of pyridine rings is 1. The Morgan fingerprint density at radius 1 is 1.23 bits per heavy atom. The van der Waals surface area contributed by atoms with Crippen molar-refractivity contribution in [2.45, 2.75) is 6.54 Å². The van der Waals surface area contributed by atoms with Crippen molar-refractivity contribution in [3.8, 4) is 0 Å². The smallest absolute Gasteiger partial charge is 0.321 e. The first-order valence-electron chi connectivity index (χ1n) is 6.98. The number of urea groups is 1. The highest BCUT2D eigenvalue weighted by Gasteiger charge is 2.11. The zero-order valence-electron chi connectivity index (χ0n) is 12.4. The van der Waals surface area contributed by atoms with E-state index in [0.29, 0.717) is 6.54 Å². The third-order valence-corrected chi connectivity index (χ3v) is 3.24. The van der Waals surface area contributed by atoms with Crippen LogP contribution in [0.1, 0.15) is 5.56 Å². The Kier molecular flexibility index (Phi) is 5.32. The van der Waals surface area contributed by atoms with Gasteiger partial charge in [-0.2, -0.15) is 0 Å². The molecule has 6 nitrogen and oxygen atoms in total. The number of hydrogen-bond acceptors (Lipinski definition) is 3. The lowest BCUT2D eigenvalue weighted by molar-refractivity contribution is 0.202. The molecule has 0 atom stereocenters. The van der Waals surface area contributed by atoms with E-state index in [9.17, 15) is 9.59 Å². The lowest BCUT2D eigenvalue weighted by Crippen LogP contribution is -2.36. The molecule has 2 rings (SSSR count). The molecule has 2 N–H and O–H groups in total. The maximum atomic E-state index is 12.4. The number of likely N-dealkylation sites (N-methyl/N-ethyl adjacent to an activating group) is 1. The minimum absolute atomic E-state index is 0.128. The molecule has 6 heteroatoms. The fourth-order valence-corrected chi connectivity index (χ4v) is 2.00. The van der Waals surface area contributed by atoms with Crippen molar-refractivity contribution in [1.82, 2.24) is 9.47 Å². The highest BCUT2D eigenvalue weighted by atomic mass is 16.3. The van der Waals surface area contributed by atoms with E-state index in [1.165, 1.54) is 9.47 Å². The van der Waals surface area contributed by atoms with Gasteiger partial charge in [0.15, 0.2) is 0 Å². The number of nitrogens with one attached hydrogen (secondary N) is 1. The van der Waals surface area contributed by atoms with Crippen molar-refractivity contribution in [3.05, 3.63) is 64.6 Å². The number of benzene rings is 1. The Balaban J connectivity index is 2.16. The highest BCUT2D eigenvalue weighted by molar-refractivity contribution is 5.88. The van der Waals surface area contributed by atoms with Crippen LogP contribution in [-0.4, -0.2) is 40.8 Å². The second-order valence-electron chi connectivity index (χ2n) is 4.92. The lowest BCUT2D eigenvalue weighted by Gasteiger charge is -2.16. The second kappa shape index (κ2) is 7.42. The average Bonchev–Trinajstić information content (AvgIpc) is 2.52. The summed E-state index contributed by atoms with van der Waals surface area (Å²) in [6, 6.07) is 12.5. The van der Waals surface area contributed by atoms with Crippen LogP contribution in [0.3, 0.4) is 0 Å². The molecular weight excluding hydrogens is 282 g/mol. The van der Waals surface area contributed by atoms with Gasteiger partial charge < -0.3 is 19.9 Å². The van der Waals surface area contributed by atoms with Crippen molar-refractivity contribution >= 4 is 11.7 Å². The van der Waals surface area contributed by atoms with E-state index in [0.717, 1.165) is 5.56 Å². The number of carbonyl (C=O) groups excluding carboxylic acids is 1. The van der Waals surface area contributed by atoms with Crippen LogP contribution in [0.15, 0.2) is 53.5 Å². The number of aliphatic hydroxyl groups excluding tert-OH is 1. The number of amides is 2. The largest absolute Gasteiger partial charge is 0.395 e. The number of aromatic nitrogens is 1. The first-order valence-corrected chi connectivity index (χ1v) is 6.98. The number of carbonyl (C=O) groups is 1. The predicted octanol–water partition coefficient (Wildman–Crippen LogP) is 1.35. The standard InChI is InChI=1S/C16H19N3O3/c1-18(10-11-20)16(22)17-14-8-5-9-19(15(14)21)12-13-6-3-2-4-7-13/h2-9,20H,10-12H2,1H3,(H,17,22). The highest BCUT2D eigenvalue weighted by Crippen LogP contribution is 2.04. The molecule has 2 amide bonds. The summed E-state index contributed by atoms with van der Waals surface area (Å²) >= 11 is 0. The number of aliphatic hydroxyl groups is 1. The molecule has 0 saturated carbocycles. The molecule has 0 radical (unpaired) electrons. The second-order valence-corrected chi connectivity index (χ2v) is 4.92. The molecule has 0 spiro atoms. The molecule has 0 saturated heterocycles. The maximum absolute atomic E-state index is 12.4. The quantitative estimate of drug-likeness (QED) is 0.875. The van der Waals surface area contributed by atoms with Gasteiger partial charge in [0.25, 0.3) is 5.56 Å². The van der Waals surface area contributed by atoms with Gasteiger partial charge >= 0.3 is 6.03 Å². The zero-order valence-corrected chi connectivity index (χ0v) is 12.4. The van der Waals surface area contributed by atoms with Gasteiger partial charge in [0, 0.05) is 19.8 Å². The number of anilines is 1. The van der Waals surface area contributed by atoms with E-state index < -0.39 is 6.03 Å². The van der Waals surface area contributed by atoms with Gasteiger partial charge in [-0.3, -0.25) is 4.79 Å². The number of nitrogens with zero attached hydrogens (tertiary/aromatic N) is 2. The molecule has 2 aromatic rings. The topological polar surface area (TPSA) is 74.6 Å². The van der Waals surface area contributed by atoms with Gasteiger partial charge in [-0.05, 0) is 17.7 Å². The molecule has 0 aliphatic rings. The zero-order chi connectivity index (χ0) is 15.9. The van der Waals surface area contributed by atoms with E-state index in [4.69, 9.17) is 5.11 Å². The van der Waals surface area contributed by atoms with Crippen molar-refractivity contribution in [2.24, 2.45) is 0 Å². The Bertz CT molecular complexity index is 683. The minimum Gasteiger partial charge on any atom is -0.395 e. The van der Waals surface area contributed by atoms with E-state index in [-0.39, 0.29) is 24.4 Å². The molecule has 1 heterocycles. The first-order chi connectivity index (χ1) is 10.6. The van der Waals surface area contributed by atoms with E-state index in [2.05, 4.69) is 5.32 Å². The monoisotopic (exact) mass is 301 g/mol. The summed E-state index contributed by atoms with van der Waals surface area (Å²) in [7, 11) is 1.55. The third-order valence-electron chi connectivity index (χ3n) is 3.24. The van der Waals surface area contributed by atoms with E-state index >= 15 is 0 Å². The van der Waals surface area contributed by atoms with Gasteiger partial charge in [-0.15, -0.1) is 0 Å². The molecule has 0 aliphatic heterocycles. The Morgan fingerprint density at radius 2 is 1.95 bits per heavy atom. The van der Waals surface area contributed by atoms with Crippen LogP contribution in [0.25, 0.3) is 0 Å². The van der Waals surface area contributed by atoms with Gasteiger partial charge in [-0.25, -0.2) is 4.79 Å². The fraction of sp³-hybridized carbons (Fsp3) is 0.250. The summed E-state index contributed by atoms with van der Waals surface area (Å²) in [5, 5.41) is 11.4. The summed E-state index contributed by atoms with van der Waals surface area (Å²) in [6.07, 6.45) is 1.68. The fourth-order valence-electron chi connectivity index (χ4n) is 2.00. The molecule has 0 fully saturated rings. The van der Waals surface area contributed by atoms with E-state index in [1.807, 2.05) is 30.3 Å². The van der Waals surface area contributed by atoms with E-state index in [1.54, 1.807) is 25.4 Å². The molecule has 1 aromatic carbocycles. The molecule has 0 unspecified atom stereocenters. The van der Waals surface area contributed by atoms with Crippen LogP contribution in [0.2, 0.25) is 0 Å². The van der Waals surface area contributed by atoms with Crippen molar-refractivity contribution in [3.63, 3.8) is 0 Å². The van der Waals surface area contributed by atoms with Crippen molar-refractivity contribution in [1.29, 1.82) is 0 Å². The minimum atomic E-state index is -0.427. The Labute approximate surface area is 128 Å². The number of hydrogen-bond donors (Lipinski definition) is 2. The number of rotatable bonds is 5. The molecule has 22 heavy (non-hydrogen) atoms. The van der Waals surface area contributed by atoms with Crippen LogP contribution in [0.4, 0.5) is 10.5 Å². The van der Waals surface area contributed by atoms with Gasteiger partial charge in [0.05, 0.1) is 13.2 Å². The normalized spacial score (nSPS) is 10.3. The van der Waals surface area contributed by atoms with Gasteiger partial charge in [-0.1, -0.05) is 30.3 Å². The van der Waals surface area contributed by atoms with Gasteiger partial charge in [0.2, 0.25) is 0 Å². The summed E-state index contributed by atoms with van der Waals surface area (Å²) in [5.74, 6) is 0. The lowest BCUT2D eigenvalue weighted by atomic mass is 10.2. The molecular formula is C16H19N3O3. The van der Waals surface area contributed by atoms with Crippen LogP contribution in [0.5, 0.6) is 0 Å². The molecule has 116 valence electrons. The third kappa shape index (κ3) is 3.95. The first kappa shape index (κ1) is 15.8. The van der Waals surface area contributed by atoms with Crippen LogP contribution < -0.4 is 10.9 Å².